The van der Waals surface area contributed by atoms with E-state index in [9.17, 15) is 10.1 Å². The fraction of sp³-hybridized carbons (Fsp3) is 0.185. The lowest BCUT2D eigenvalue weighted by atomic mass is 9.54. The van der Waals surface area contributed by atoms with E-state index in [2.05, 4.69) is 49.1 Å². The smallest absolute Gasteiger partial charge is 0.233 e. The summed E-state index contributed by atoms with van der Waals surface area (Å²) in [5.74, 6) is 0.196. The molecule has 0 radical (unpaired) electrons. The summed E-state index contributed by atoms with van der Waals surface area (Å²) in [5.41, 5.74) is 1.61. The lowest BCUT2D eigenvalue weighted by Crippen LogP contribution is -2.48. The minimum atomic E-state index is -0.955. The van der Waals surface area contributed by atoms with Crippen LogP contribution in [0.3, 0.4) is 0 Å². The normalized spacial score (nSPS) is 27.0. The molecule has 7 heteroatoms. The van der Waals surface area contributed by atoms with Crippen LogP contribution in [-0.2, 0) is 10.2 Å². The van der Waals surface area contributed by atoms with Crippen LogP contribution in [0.2, 0.25) is 0 Å². The summed E-state index contributed by atoms with van der Waals surface area (Å²) in [5, 5.41) is 20.3. The summed E-state index contributed by atoms with van der Waals surface area (Å²) in [6, 6.07) is 18.0. The number of rotatable bonds is 3. The summed E-state index contributed by atoms with van der Waals surface area (Å²) in [4.78, 5) is 18.3. The number of halogens is 1. The van der Waals surface area contributed by atoms with Crippen LogP contribution in [-0.4, -0.2) is 21.1 Å². The van der Waals surface area contributed by atoms with Gasteiger partial charge in [-0.2, -0.15) is 15.3 Å². The molecular formula is C27H22BrN5O. The number of allylic oxidation sites excluding steroid dienone is 5. The zero-order chi connectivity index (χ0) is 23.9. The van der Waals surface area contributed by atoms with Crippen molar-refractivity contribution in [3.05, 3.63) is 101 Å². The summed E-state index contributed by atoms with van der Waals surface area (Å²) in [7, 11) is 0. The van der Waals surface area contributed by atoms with Crippen LogP contribution in [0.15, 0.2) is 89.5 Å². The van der Waals surface area contributed by atoms with Crippen LogP contribution < -0.4 is 5.32 Å². The van der Waals surface area contributed by atoms with Gasteiger partial charge in [0.15, 0.2) is 5.82 Å². The van der Waals surface area contributed by atoms with E-state index in [1.807, 2.05) is 79.8 Å². The molecule has 2 aliphatic rings. The van der Waals surface area contributed by atoms with E-state index in [-0.39, 0.29) is 17.8 Å². The van der Waals surface area contributed by atoms with Crippen LogP contribution in [0.1, 0.15) is 30.4 Å². The number of nitriles is 1. The number of hydrogen-bond acceptors (Lipinski definition) is 4. The number of nitrogens with zero attached hydrogens (tertiary/aromatic N) is 3. The van der Waals surface area contributed by atoms with Gasteiger partial charge in [0.2, 0.25) is 11.9 Å². The highest BCUT2D eigenvalue weighted by Gasteiger charge is 2.54. The van der Waals surface area contributed by atoms with Crippen molar-refractivity contribution in [1.82, 2.24) is 15.2 Å². The van der Waals surface area contributed by atoms with Gasteiger partial charge in [0, 0.05) is 16.0 Å². The van der Waals surface area contributed by atoms with Gasteiger partial charge in [-0.3, -0.25) is 10.1 Å². The van der Waals surface area contributed by atoms with Gasteiger partial charge < -0.3 is 0 Å². The first-order chi connectivity index (χ1) is 16.4. The number of benzene rings is 2. The highest BCUT2D eigenvalue weighted by atomic mass is 79.9. The predicted octanol–water partition coefficient (Wildman–Crippen LogP) is 5.81. The second-order valence-electron chi connectivity index (χ2n) is 8.96. The molecule has 1 heterocycles. The van der Waals surface area contributed by atoms with E-state index in [0.717, 1.165) is 26.7 Å². The fourth-order valence-corrected chi connectivity index (χ4v) is 5.60. The first-order valence-electron chi connectivity index (χ1n) is 10.9. The third-order valence-corrected chi connectivity index (χ3v) is 7.22. The molecule has 34 heavy (non-hydrogen) atoms. The average molecular weight is 512 g/mol. The van der Waals surface area contributed by atoms with Gasteiger partial charge in [0.05, 0.1) is 11.5 Å². The molecule has 2 N–H and O–H groups in total. The Bertz CT molecular complexity index is 1410. The fourth-order valence-electron chi connectivity index (χ4n) is 5.20. The largest absolute Gasteiger partial charge is 0.294 e. The highest BCUT2D eigenvalue weighted by Crippen LogP contribution is 2.56. The molecule has 1 amide bonds. The predicted molar refractivity (Wildman–Crippen MR) is 135 cm³/mol. The molecule has 5 rings (SSSR count). The minimum absolute atomic E-state index is 0.242. The van der Waals surface area contributed by atoms with E-state index in [4.69, 9.17) is 0 Å². The first-order valence-corrected chi connectivity index (χ1v) is 11.7. The lowest BCUT2D eigenvalue weighted by molar-refractivity contribution is -0.126. The topological polar surface area (TPSA) is 94.5 Å². The summed E-state index contributed by atoms with van der Waals surface area (Å²) < 4.78 is 0.912. The molecule has 3 atom stereocenters. The van der Waals surface area contributed by atoms with Crippen molar-refractivity contribution in [3.63, 3.8) is 0 Å². The number of carbonyl (C=O) groups excluding carboxylic acids is 1. The molecule has 3 aromatic rings. The Morgan fingerprint density at radius 2 is 2.09 bits per heavy atom. The van der Waals surface area contributed by atoms with E-state index < -0.39 is 10.8 Å². The van der Waals surface area contributed by atoms with Crippen LogP contribution in [0.25, 0.3) is 11.4 Å². The van der Waals surface area contributed by atoms with Gasteiger partial charge in [-0.25, -0.2) is 5.10 Å². The van der Waals surface area contributed by atoms with Crippen molar-refractivity contribution in [2.24, 2.45) is 5.41 Å². The SMILES string of the molecule is C=C1/C=C\C=C/C2(C#N)CC(C)(C(=O)Nc3nc(-c4cccc(Br)c4)n[nH]3)C1c1ccccc12. The maximum atomic E-state index is 13.9. The average Bonchev–Trinajstić information content (AvgIpc) is 3.32. The molecule has 3 unspecified atom stereocenters. The van der Waals surface area contributed by atoms with Crippen LogP contribution in [0.4, 0.5) is 5.95 Å². The quantitative estimate of drug-likeness (QED) is 0.463. The molecule has 2 aromatic carbocycles. The second kappa shape index (κ2) is 8.23. The third kappa shape index (κ3) is 3.51. The van der Waals surface area contributed by atoms with Gasteiger partial charge in [0.25, 0.3) is 0 Å². The van der Waals surface area contributed by atoms with Crippen molar-refractivity contribution < 1.29 is 4.79 Å². The monoisotopic (exact) mass is 511 g/mol. The van der Waals surface area contributed by atoms with Crippen LogP contribution in [0, 0.1) is 16.7 Å². The van der Waals surface area contributed by atoms with E-state index in [1.54, 1.807) is 0 Å². The minimum Gasteiger partial charge on any atom is -0.294 e. The standard InChI is InChI=1S/C27H22BrN5O/c1-17-8-5-6-13-27(16-29)15-26(2,22(17)20-11-3-4-12-21(20)27)24(34)31-25-30-23(32-33-25)18-9-7-10-19(28)14-18/h3-14,22H,1,15H2,2H3,(H2,30,31,32,33,34)/b8-5-,13-6-. The molecule has 2 aliphatic carbocycles. The molecule has 1 aromatic heterocycles. The van der Waals surface area contributed by atoms with E-state index in [1.165, 1.54) is 0 Å². The summed E-state index contributed by atoms with van der Waals surface area (Å²) >= 11 is 3.45. The van der Waals surface area contributed by atoms with Gasteiger partial charge in [0.1, 0.15) is 5.41 Å². The van der Waals surface area contributed by atoms with Crippen molar-refractivity contribution in [1.29, 1.82) is 5.26 Å². The number of amides is 1. The van der Waals surface area contributed by atoms with E-state index in [0.29, 0.717) is 12.2 Å². The van der Waals surface area contributed by atoms with Crippen molar-refractivity contribution in [2.45, 2.75) is 24.7 Å². The maximum absolute atomic E-state index is 13.9. The van der Waals surface area contributed by atoms with Crippen LogP contribution >= 0.6 is 15.9 Å². The maximum Gasteiger partial charge on any atom is 0.233 e. The highest BCUT2D eigenvalue weighted by molar-refractivity contribution is 9.10. The van der Waals surface area contributed by atoms with Crippen molar-refractivity contribution in [2.75, 3.05) is 5.32 Å². The Labute approximate surface area is 206 Å². The first kappa shape index (κ1) is 22.1. The zero-order valence-electron chi connectivity index (χ0n) is 18.5. The second-order valence-corrected chi connectivity index (χ2v) is 9.88. The number of carbonyl (C=O) groups is 1. The Morgan fingerprint density at radius 3 is 2.88 bits per heavy atom. The van der Waals surface area contributed by atoms with Crippen LogP contribution in [0.5, 0.6) is 0 Å². The molecule has 168 valence electrons. The van der Waals surface area contributed by atoms with Crippen molar-refractivity contribution >= 4 is 27.8 Å². The van der Waals surface area contributed by atoms with Crippen molar-refractivity contribution in [3.8, 4) is 17.5 Å². The van der Waals surface area contributed by atoms with Gasteiger partial charge in [-0.05, 0) is 42.2 Å². The Balaban J connectivity index is 1.55. The van der Waals surface area contributed by atoms with Gasteiger partial charge >= 0.3 is 0 Å². The zero-order valence-corrected chi connectivity index (χ0v) is 20.1. The molecule has 6 nitrogen and oxygen atoms in total. The molecule has 0 aliphatic heterocycles. The summed E-state index contributed by atoms with van der Waals surface area (Å²) in [6.45, 7) is 6.20. The Kier molecular flexibility index (Phi) is 5.34. The molecule has 0 spiro atoms. The molecular weight excluding hydrogens is 490 g/mol. The van der Waals surface area contributed by atoms with E-state index >= 15 is 0 Å². The number of H-pyrrole nitrogens is 1. The third-order valence-electron chi connectivity index (χ3n) is 6.73. The number of anilines is 1. The number of nitrogens with one attached hydrogen (secondary N) is 2. The lowest BCUT2D eigenvalue weighted by Gasteiger charge is -2.47. The number of aromatic nitrogens is 3. The van der Waals surface area contributed by atoms with Gasteiger partial charge in [-0.1, -0.05) is 83.2 Å². The molecule has 0 saturated carbocycles. The molecule has 0 saturated heterocycles. The molecule has 0 fully saturated rings. The Morgan fingerprint density at radius 1 is 1.26 bits per heavy atom. The number of hydrogen-bond donors (Lipinski definition) is 2. The number of aromatic amines is 1. The summed E-state index contributed by atoms with van der Waals surface area (Å²) in [6.07, 6.45) is 7.88. The Hall–Kier alpha value is -3.76. The number of fused-ring (bicyclic) bond motifs is 6. The molecule has 2 bridgehead atoms. The van der Waals surface area contributed by atoms with Gasteiger partial charge in [-0.15, -0.1) is 0 Å².